The predicted octanol–water partition coefficient (Wildman–Crippen LogP) is 1.79. The highest BCUT2D eigenvalue weighted by molar-refractivity contribution is 5.69. The first-order valence-corrected chi connectivity index (χ1v) is 6.84. The fourth-order valence-electron chi connectivity index (χ4n) is 2.29. The van der Waals surface area contributed by atoms with Gasteiger partial charge in [0.05, 0.1) is 6.54 Å². The zero-order chi connectivity index (χ0) is 15.1. The van der Waals surface area contributed by atoms with E-state index in [0.717, 1.165) is 18.5 Å². The number of nitrogens with zero attached hydrogens (tertiary/aromatic N) is 2. The average Bonchev–Trinajstić information content (AvgIpc) is 2.38. The number of carboxylic acid groups (broad SMARTS) is 1. The first-order valence-electron chi connectivity index (χ1n) is 6.84. The minimum absolute atomic E-state index is 0.0271. The van der Waals surface area contributed by atoms with E-state index < -0.39 is 5.97 Å². The molecule has 112 valence electrons. The van der Waals surface area contributed by atoms with Crippen molar-refractivity contribution in [2.45, 2.75) is 19.4 Å². The van der Waals surface area contributed by atoms with Crippen molar-refractivity contribution in [3.8, 4) is 5.75 Å². The standard InChI is InChI=1S/C15H24N2O3/c1-4-13(12-7-5-6-8-14(12)18)17(11-15(19)20)10-9-16(2)3/h5-8,13,18H,4,9-11H2,1-3H3,(H,19,20). The van der Waals surface area contributed by atoms with Crippen LogP contribution >= 0.6 is 0 Å². The number of carboxylic acids is 1. The maximum atomic E-state index is 11.1. The monoisotopic (exact) mass is 280 g/mol. The zero-order valence-corrected chi connectivity index (χ0v) is 12.4. The number of hydrogen-bond acceptors (Lipinski definition) is 4. The largest absolute Gasteiger partial charge is 0.508 e. The van der Waals surface area contributed by atoms with Crippen LogP contribution in [0.4, 0.5) is 0 Å². The van der Waals surface area contributed by atoms with Crippen molar-refractivity contribution in [3.63, 3.8) is 0 Å². The van der Waals surface area contributed by atoms with Crippen LogP contribution in [0.3, 0.4) is 0 Å². The van der Waals surface area contributed by atoms with Gasteiger partial charge in [-0.15, -0.1) is 0 Å². The van der Waals surface area contributed by atoms with Gasteiger partial charge in [-0.2, -0.15) is 0 Å². The fraction of sp³-hybridized carbons (Fsp3) is 0.533. The molecule has 0 fully saturated rings. The van der Waals surface area contributed by atoms with Gasteiger partial charge in [-0.3, -0.25) is 9.69 Å². The molecule has 0 aliphatic rings. The van der Waals surface area contributed by atoms with Gasteiger partial charge in [-0.05, 0) is 26.6 Å². The third-order valence-electron chi connectivity index (χ3n) is 3.30. The molecule has 0 spiro atoms. The molecular formula is C15H24N2O3. The lowest BCUT2D eigenvalue weighted by Gasteiger charge is -2.31. The second-order valence-electron chi connectivity index (χ2n) is 5.15. The summed E-state index contributed by atoms with van der Waals surface area (Å²) in [7, 11) is 3.92. The molecule has 1 aromatic carbocycles. The highest BCUT2D eigenvalue weighted by Gasteiger charge is 2.23. The van der Waals surface area contributed by atoms with Crippen molar-refractivity contribution >= 4 is 5.97 Å². The Kier molecular flexibility index (Phi) is 6.48. The van der Waals surface area contributed by atoms with Crippen LogP contribution in [0.15, 0.2) is 24.3 Å². The lowest BCUT2D eigenvalue weighted by atomic mass is 10.0. The lowest BCUT2D eigenvalue weighted by Crippen LogP contribution is -2.38. The van der Waals surface area contributed by atoms with Gasteiger partial charge in [0.15, 0.2) is 0 Å². The number of likely N-dealkylation sites (N-methyl/N-ethyl adjacent to an activating group) is 1. The molecule has 1 unspecified atom stereocenters. The van der Waals surface area contributed by atoms with Crippen LogP contribution in [-0.4, -0.2) is 59.7 Å². The highest BCUT2D eigenvalue weighted by atomic mass is 16.4. The number of hydrogen-bond donors (Lipinski definition) is 2. The molecule has 5 heteroatoms. The molecule has 0 saturated heterocycles. The molecule has 0 amide bonds. The number of para-hydroxylation sites is 1. The van der Waals surface area contributed by atoms with Crippen LogP contribution in [0.5, 0.6) is 5.75 Å². The Labute approximate surface area is 120 Å². The smallest absolute Gasteiger partial charge is 0.317 e. The molecule has 0 aromatic heterocycles. The normalized spacial score (nSPS) is 12.8. The van der Waals surface area contributed by atoms with Crippen molar-refractivity contribution in [2.75, 3.05) is 33.7 Å². The van der Waals surface area contributed by atoms with Crippen molar-refractivity contribution in [1.29, 1.82) is 0 Å². The summed E-state index contributed by atoms with van der Waals surface area (Å²) in [5, 5.41) is 19.1. The summed E-state index contributed by atoms with van der Waals surface area (Å²) in [5.74, 6) is -0.628. The number of benzene rings is 1. The molecular weight excluding hydrogens is 256 g/mol. The molecule has 0 saturated carbocycles. The topological polar surface area (TPSA) is 64.0 Å². The number of rotatable bonds is 8. The average molecular weight is 280 g/mol. The zero-order valence-electron chi connectivity index (χ0n) is 12.4. The summed E-state index contributed by atoms with van der Waals surface area (Å²) < 4.78 is 0. The maximum absolute atomic E-state index is 11.1. The third-order valence-corrected chi connectivity index (χ3v) is 3.30. The molecule has 0 aliphatic heterocycles. The van der Waals surface area contributed by atoms with Crippen LogP contribution in [0, 0.1) is 0 Å². The van der Waals surface area contributed by atoms with E-state index >= 15 is 0 Å². The Hall–Kier alpha value is -1.59. The number of carbonyl (C=O) groups is 1. The van der Waals surface area contributed by atoms with Gasteiger partial charge in [0, 0.05) is 24.7 Å². The van der Waals surface area contributed by atoms with E-state index in [1.54, 1.807) is 12.1 Å². The first-order chi connectivity index (χ1) is 9.45. The van der Waals surface area contributed by atoms with E-state index in [2.05, 4.69) is 0 Å². The number of phenols is 1. The number of phenolic OH excluding ortho intramolecular Hbond substituents is 1. The quantitative estimate of drug-likeness (QED) is 0.760. The Bertz CT molecular complexity index is 435. The summed E-state index contributed by atoms with van der Waals surface area (Å²) in [6.45, 7) is 3.39. The van der Waals surface area contributed by atoms with Crippen LogP contribution < -0.4 is 0 Å². The van der Waals surface area contributed by atoms with E-state index in [1.807, 2.05) is 43.0 Å². The van der Waals surface area contributed by atoms with Gasteiger partial charge >= 0.3 is 5.97 Å². The predicted molar refractivity (Wildman–Crippen MR) is 78.9 cm³/mol. The fourth-order valence-corrected chi connectivity index (χ4v) is 2.29. The summed E-state index contributed by atoms with van der Waals surface area (Å²) in [6, 6.07) is 7.04. The van der Waals surface area contributed by atoms with Crippen LogP contribution in [0.2, 0.25) is 0 Å². The minimum Gasteiger partial charge on any atom is -0.508 e. The van der Waals surface area contributed by atoms with Gasteiger partial charge in [-0.1, -0.05) is 25.1 Å². The van der Waals surface area contributed by atoms with Crippen LogP contribution in [0.1, 0.15) is 24.9 Å². The molecule has 5 nitrogen and oxygen atoms in total. The second-order valence-corrected chi connectivity index (χ2v) is 5.15. The highest BCUT2D eigenvalue weighted by Crippen LogP contribution is 2.30. The Morgan fingerprint density at radius 3 is 2.40 bits per heavy atom. The first kappa shape index (κ1) is 16.5. The van der Waals surface area contributed by atoms with Crippen molar-refractivity contribution in [2.24, 2.45) is 0 Å². The molecule has 2 N–H and O–H groups in total. The summed E-state index contributed by atoms with van der Waals surface area (Å²) in [4.78, 5) is 15.0. The SMILES string of the molecule is CCC(c1ccccc1O)N(CCN(C)C)CC(=O)O. The van der Waals surface area contributed by atoms with E-state index in [-0.39, 0.29) is 18.3 Å². The van der Waals surface area contributed by atoms with E-state index in [0.29, 0.717) is 6.54 Å². The molecule has 1 aromatic rings. The Balaban J connectivity index is 2.95. The van der Waals surface area contributed by atoms with Gasteiger partial charge in [-0.25, -0.2) is 0 Å². The summed E-state index contributed by atoms with van der Waals surface area (Å²) in [6.07, 6.45) is 0.748. The molecule has 0 radical (unpaired) electrons. The van der Waals surface area contributed by atoms with Crippen LogP contribution in [0.25, 0.3) is 0 Å². The lowest BCUT2D eigenvalue weighted by molar-refractivity contribution is -0.139. The third kappa shape index (κ3) is 4.83. The molecule has 0 heterocycles. The summed E-state index contributed by atoms with van der Waals surface area (Å²) in [5.41, 5.74) is 0.787. The van der Waals surface area contributed by atoms with Crippen molar-refractivity contribution in [3.05, 3.63) is 29.8 Å². The maximum Gasteiger partial charge on any atom is 0.317 e. The minimum atomic E-state index is -0.849. The van der Waals surface area contributed by atoms with Gasteiger partial charge in [0.25, 0.3) is 0 Å². The van der Waals surface area contributed by atoms with Crippen molar-refractivity contribution in [1.82, 2.24) is 9.80 Å². The summed E-state index contributed by atoms with van der Waals surface area (Å²) >= 11 is 0. The molecule has 1 rings (SSSR count). The van der Waals surface area contributed by atoms with E-state index in [4.69, 9.17) is 5.11 Å². The van der Waals surface area contributed by atoms with Gasteiger partial charge in [0.1, 0.15) is 5.75 Å². The molecule has 0 bridgehead atoms. The molecule has 20 heavy (non-hydrogen) atoms. The molecule has 1 atom stereocenters. The van der Waals surface area contributed by atoms with E-state index in [1.165, 1.54) is 0 Å². The van der Waals surface area contributed by atoms with Gasteiger partial charge < -0.3 is 15.1 Å². The Morgan fingerprint density at radius 2 is 1.90 bits per heavy atom. The number of aromatic hydroxyl groups is 1. The van der Waals surface area contributed by atoms with E-state index in [9.17, 15) is 9.90 Å². The number of aliphatic carboxylic acids is 1. The molecule has 0 aliphatic carbocycles. The van der Waals surface area contributed by atoms with Crippen LogP contribution in [-0.2, 0) is 4.79 Å². The second kappa shape index (κ2) is 7.87. The van der Waals surface area contributed by atoms with Gasteiger partial charge in [0.2, 0.25) is 0 Å². The van der Waals surface area contributed by atoms with Crippen molar-refractivity contribution < 1.29 is 15.0 Å². The Morgan fingerprint density at radius 1 is 1.25 bits per heavy atom.